The molecule has 7 heteroatoms. The second-order valence-corrected chi connectivity index (χ2v) is 7.68. The average molecular weight is 430 g/mol. The lowest BCUT2D eigenvalue weighted by Crippen LogP contribution is -2.39. The molecule has 1 aromatic heterocycles. The minimum absolute atomic E-state index is 0.0690. The lowest BCUT2D eigenvalue weighted by molar-refractivity contribution is -0.138. The highest BCUT2D eigenvalue weighted by molar-refractivity contribution is 5.30. The molecule has 3 aromatic rings. The van der Waals surface area contributed by atoms with Gasteiger partial charge in [0.05, 0.1) is 18.8 Å². The van der Waals surface area contributed by atoms with Crippen LogP contribution < -0.4 is 0 Å². The third kappa shape index (κ3) is 5.11. The topological polar surface area (TPSA) is 25.4 Å². The molecule has 0 radical (unpaired) electrons. The van der Waals surface area contributed by atoms with Gasteiger partial charge in [-0.2, -0.15) is 13.2 Å². The Morgan fingerprint density at radius 2 is 1.61 bits per heavy atom. The third-order valence-corrected chi connectivity index (χ3v) is 5.65. The van der Waals surface area contributed by atoms with Crippen LogP contribution in [0.1, 0.15) is 28.2 Å². The molecule has 2 aromatic carbocycles. The van der Waals surface area contributed by atoms with Gasteiger partial charge in [0, 0.05) is 37.4 Å². The third-order valence-electron chi connectivity index (χ3n) is 5.65. The lowest BCUT2D eigenvalue weighted by Gasteiger charge is -2.33. The van der Waals surface area contributed by atoms with Crippen LogP contribution in [0.15, 0.2) is 73.1 Å². The summed E-state index contributed by atoms with van der Waals surface area (Å²) in [5, 5.41) is 0. The number of pyridine rings is 1. The van der Waals surface area contributed by atoms with Crippen molar-refractivity contribution in [3.63, 3.8) is 0 Å². The number of hydrogen-bond donors (Lipinski definition) is 0. The van der Waals surface area contributed by atoms with E-state index >= 15 is 0 Å². The second kappa shape index (κ2) is 9.16. The van der Waals surface area contributed by atoms with Crippen LogP contribution in [0.5, 0.6) is 0 Å². The molecule has 1 aliphatic heterocycles. The number of alkyl halides is 3. The molecule has 162 valence electrons. The van der Waals surface area contributed by atoms with Gasteiger partial charge in [-0.05, 0) is 47.0 Å². The van der Waals surface area contributed by atoms with E-state index in [0.717, 1.165) is 17.2 Å². The first-order valence-electron chi connectivity index (χ1n) is 10.0. The molecule has 0 spiro atoms. The molecular formula is C24H22F4N2O. The molecule has 0 aliphatic carbocycles. The van der Waals surface area contributed by atoms with Crippen molar-refractivity contribution in [3.8, 4) is 0 Å². The van der Waals surface area contributed by atoms with Gasteiger partial charge in [0.15, 0.2) is 0 Å². The fourth-order valence-corrected chi connectivity index (χ4v) is 4.10. The zero-order valence-electron chi connectivity index (χ0n) is 16.7. The van der Waals surface area contributed by atoms with Crippen LogP contribution in [-0.4, -0.2) is 29.1 Å². The highest BCUT2D eigenvalue weighted by Crippen LogP contribution is 2.35. The van der Waals surface area contributed by atoms with Crippen LogP contribution in [-0.2, 0) is 24.0 Å². The van der Waals surface area contributed by atoms with Crippen LogP contribution in [0.3, 0.4) is 0 Å². The fraction of sp³-hybridized carbons (Fsp3) is 0.292. The van der Waals surface area contributed by atoms with Crippen molar-refractivity contribution in [2.24, 2.45) is 0 Å². The molecular weight excluding hydrogens is 408 g/mol. The van der Waals surface area contributed by atoms with Gasteiger partial charge in [-0.25, -0.2) is 4.39 Å². The van der Waals surface area contributed by atoms with E-state index < -0.39 is 11.7 Å². The Morgan fingerprint density at radius 1 is 0.903 bits per heavy atom. The normalized spacial score (nSPS) is 19.1. The maximum absolute atomic E-state index is 13.6. The van der Waals surface area contributed by atoms with E-state index in [9.17, 15) is 17.6 Å². The molecule has 31 heavy (non-hydrogen) atoms. The summed E-state index contributed by atoms with van der Waals surface area (Å²) in [7, 11) is 0. The Hall–Kier alpha value is -2.77. The van der Waals surface area contributed by atoms with Crippen molar-refractivity contribution in [1.29, 1.82) is 0 Å². The highest BCUT2D eigenvalue weighted by atomic mass is 19.4. The molecule has 0 N–H and O–H groups in total. The number of hydrogen-bond acceptors (Lipinski definition) is 3. The van der Waals surface area contributed by atoms with Crippen molar-refractivity contribution in [3.05, 3.63) is 101 Å². The van der Waals surface area contributed by atoms with Crippen LogP contribution in [0.4, 0.5) is 17.6 Å². The fourth-order valence-electron chi connectivity index (χ4n) is 4.10. The predicted molar refractivity (Wildman–Crippen MR) is 109 cm³/mol. The molecule has 3 nitrogen and oxygen atoms in total. The molecule has 0 unspecified atom stereocenters. The summed E-state index contributed by atoms with van der Waals surface area (Å²) in [5.74, 6) is -0.396. The van der Waals surface area contributed by atoms with Crippen molar-refractivity contribution in [1.82, 2.24) is 9.88 Å². The first-order valence-corrected chi connectivity index (χ1v) is 10.0. The zero-order chi connectivity index (χ0) is 21.8. The molecule has 1 fully saturated rings. The Kier molecular flexibility index (Phi) is 6.34. The van der Waals surface area contributed by atoms with Gasteiger partial charge in [-0.15, -0.1) is 0 Å². The van der Waals surface area contributed by atoms with E-state index in [1.807, 2.05) is 17.0 Å². The van der Waals surface area contributed by atoms with Crippen LogP contribution in [0, 0.1) is 5.82 Å². The van der Waals surface area contributed by atoms with Gasteiger partial charge < -0.3 is 4.74 Å². The SMILES string of the molecule is Fc1ccc([C@@H]2COC[C@H]2N(Cc2ccncc2)Cc2ccccc2C(F)(F)F)cc1. The van der Waals surface area contributed by atoms with Gasteiger partial charge in [0.1, 0.15) is 5.82 Å². The summed E-state index contributed by atoms with van der Waals surface area (Å²) in [5.41, 5.74) is 1.44. The quantitative estimate of drug-likeness (QED) is 0.488. The summed E-state index contributed by atoms with van der Waals surface area (Å²) in [4.78, 5) is 6.04. The molecule has 1 aliphatic rings. The Bertz CT molecular complexity index is 992. The van der Waals surface area contributed by atoms with E-state index in [1.165, 1.54) is 24.3 Å². The molecule has 2 atom stereocenters. The van der Waals surface area contributed by atoms with Crippen LogP contribution >= 0.6 is 0 Å². The van der Waals surface area contributed by atoms with Gasteiger partial charge in [0.25, 0.3) is 0 Å². The first kappa shape index (κ1) is 21.5. The summed E-state index contributed by atoms with van der Waals surface area (Å²) >= 11 is 0. The molecule has 2 heterocycles. The van der Waals surface area contributed by atoms with Crippen molar-refractivity contribution >= 4 is 0 Å². The summed E-state index contributed by atoms with van der Waals surface area (Å²) in [6.07, 6.45) is -1.10. The smallest absolute Gasteiger partial charge is 0.379 e. The Balaban J connectivity index is 1.67. The molecule has 0 bridgehead atoms. The van der Waals surface area contributed by atoms with Gasteiger partial charge >= 0.3 is 6.18 Å². The summed E-state index contributed by atoms with van der Waals surface area (Å²) in [6, 6.07) is 15.4. The maximum Gasteiger partial charge on any atom is 0.416 e. The zero-order valence-corrected chi connectivity index (χ0v) is 16.7. The summed E-state index contributed by atoms with van der Waals surface area (Å²) in [6.45, 7) is 1.38. The van der Waals surface area contributed by atoms with Crippen LogP contribution in [0.2, 0.25) is 0 Å². The highest BCUT2D eigenvalue weighted by Gasteiger charge is 2.37. The number of benzene rings is 2. The predicted octanol–water partition coefficient (Wildman–Crippen LogP) is 5.42. The number of nitrogens with zero attached hydrogens (tertiary/aromatic N) is 2. The van der Waals surface area contributed by atoms with Crippen molar-refractivity contribution in [2.45, 2.75) is 31.2 Å². The summed E-state index contributed by atoms with van der Waals surface area (Å²) < 4.78 is 59.9. The number of aromatic nitrogens is 1. The van der Waals surface area contributed by atoms with Crippen molar-refractivity contribution < 1.29 is 22.3 Å². The first-order chi connectivity index (χ1) is 14.9. The van der Waals surface area contributed by atoms with E-state index in [1.54, 1.807) is 30.6 Å². The minimum Gasteiger partial charge on any atom is -0.379 e. The van der Waals surface area contributed by atoms with Crippen molar-refractivity contribution in [2.75, 3.05) is 13.2 Å². The number of halogens is 4. The Labute approximate surface area is 178 Å². The van der Waals surface area contributed by atoms with Gasteiger partial charge in [-0.3, -0.25) is 9.88 Å². The maximum atomic E-state index is 13.6. The largest absolute Gasteiger partial charge is 0.416 e. The molecule has 0 saturated carbocycles. The van der Waals surface area contributed by atoms with E-state index in [-0.39, 0.29) is 29.9 Å². The van der Waals surface area contributed by atoms with Gasteiger partial charge in [0.2, 0.25) is 0 Å². The lowest BCUT2D eigenvalue weighted by atomic mass is 9.92. The number of ether oxygens (including phenoxy) is 1. The van der Waals surface area contributed by atoms with E-state index in [0.29, 0.717) is 19.8 Å². The van der Waals surface area contributed by atoms with Gasteiger partial charge in [-0.1, -0.05) is 30.3 Å². The number of rotatable bonds is 6. The van der Waals surface area contributed by atoms with Crippen LogP contribution in [0.25, 0.3) is 0 Å². The molecule has 4 rings (SSSR count). The monoisotopic (exact) mass is 430 g/mol. The second-order valence-electron chi connectivity index (χ2n) is 7.68. The molecule has 1 saturated heterocycles. The Morgan fingerprint density at radius 3 is 2.32 bits per heavy atom. The standard InChI is InChI=1S/C24H22F4N2O/c25-20-7-5-18(6-8-20)21-15-31-16-23(21)30(13-17-9-11-29-12-10-17)14-19-3-1-2-4-22(19)24(26,27)28/h1-12,21,23H,13-16H2/t21-,23+/m0/s1. The average Bonchev–Trinajstić information content (AvgIpc) is 3.24. The molecule has 0 amide bonds. The van der Waals surface area contributed by atoms with E-state index in [2.05, 4.69) is 4.98 Å². The van der Waals surface area contributed by atoms with E-state index in [4.69, 9.17) is 4.74 Å². The minimum atomic E-state index is -4.43.